The summed E-state index contributed by atoms with van der Waals surface area (Å²) in [4.78, 5) is 0.670. The summed E-state index contributed by atoms with van der Waals surface area (Å²) in [6.07, 6.45) is 4.85. The van der Waals surface area contributed by atoms with Gasteiger partial charge in [0.2, 0.25) is 0 Å². The summed E-state index contributed by atoms with van der Waals surface area (Å²) >= 11 is 3.71. The number of methoxy groups -OCH3 is 1. The van der Waals surface area contributed by atoms with E-state index in [1.807, 2.05) is 0 Å². The summed E-state index contributed by atoms with van der Waals surface area (Å²) in [7, 11) is 1.76. The maximum atomic E-state index is 5.45. The summed E-state index contributed by atoms with van der Waals surface area (Å²) in [6.45, 7) is 2.74. The molecule has 1 rings (SSSR count). The van der Waals surface area contributed by atoms with E-state index in [-0.39, 0.29) is 0 Å². The maximum Gasteiger partial charge on any atom is 0.0504 e. The van der Waals surface area contributed by atoms with Gasteiger partial charge in [0.15, 0.2) is 0 Å². The fraction of sp³-hybridized carbons (Fsp3) is 1.00. The van der Waals surface area contributed by atoms with Gasteiger partial charge in [-0.2, -0.15) is 0 Å². The van der Waals surface area contributed by atoms with Crippen LogP contribution in [0.1, 0.15) is 25.7 Å². The van der Waals surface area contributed by atoms with Crippen LogP contribution >= 0.6 is 15.9 Å². The van der Waals surface area contributed by atoms with Gasteiger partial charge in [-0.25, -0.2) is 0 Å². The van der Waals surface area contributed by atoms with Gasteiger partial charge < -0.3 is 9.47 Å². The molecule has 0 aromatic carbocycles. The summed E-state index contributed by atoms with van der Waals surface area (Å²) in [5.41, 5.74) is 0. The van der Waals surface area contributed by atoms with E-state index in [1.165, 1.54) is 19.3 Å². The molecular weight excluding hydrogens is 232 g/mol. The van der Waals surface area contributed by atoms with Crippen molar-refractivity contribution in [2.24, 2.45) is 5.92 Å². The Labute approximate surface area is 89.1 Å². The highest BCUT2D eigenvalue weighted by atomic mass is 79.9. The number of unbranched alkanes of at least 4 members (excludes halogenated alkanes) is 1. The average molecular weight is 251 g/mol. The van der Waals surface area contributed by atoms with Crippen LogP contribution in [0.5, 0.6) is 0 Å². The van der Waals surface area contributed by atoms with Gasteiger partial charge >= 0.3 is 0 Å². The Morgan fingerprint density at radius 3 is 3.00 bits per heavy atom. The fourth-order valence-corrected chi connectivity index (χ4v) is 2.29. The number of rotatable bonds is 5. The van der Waals surface area contributed by atoms with Crippen molar-refractivity contribution < 1.29 is 9.47 Å². The molecule has 1 fully saturated rings. The molecule has 0 spiro atoms. The first-order valence-corrected chi connectivity index (χ1v) is 5.97. The number of ether oxygens (including phenoxy) is 2. The molecule has 13 heavy (non-hydrogen) atoms. The molecule has 1 aliphatic heterocycles. The number of hydrogen-bond donors (Lipinski definition) is 0. The van der Waals surface area contributed by atoms with Crippen LogP contribution in [0.15, 0.2) is 0 Å². The Hall–Kier alpha value is 0.400. The van der Waals surface area contributed by atoms with Crippen LogP contribution in [-0.4, -0.2) is 31.8 Å². The van der Waals surface area contributed by atoms with Crippen LogP contribution < -0.4 is 0 Å². The van der Waals surface area contributed by atoms with E-state index < -0.39 is 0 Å². The highest BCUT2D eigenvalue weighted by Crippen LogP contribution is 2.26. The van der Waals surface area contributed by atoms with E-state index >= 15 is 0 Å². The lowest BCUT2D eigenvalue weighted by atomic mass is 9.96. The van der Waals surface area contributed by atoms with E-state index in [2.05, 4.69) is 15.9 Å². The van der Waals surface area contributed by atoms with Crippen LogP contribution in [-0.2, 0) is 9.47 Å². The van der Waals surface area contributed by atoms with Gasteiger partial charge in [-0.15, -0.1) is 0 Å². The third-order valence-electron chi connectivity index (χ3n) is 2.55. The minimum Gasteiger partial charge on any atom is -0.385 e. The van der Waals surface area contributed by atoms with E-state index in [9.17, 15) is 0 Å². The predicted molar refractivity (Wildman–Crippen MR) is 57.4 cm³/mol. The highest BCUT2D eigenvalue weighted by Gasteiger charge is 2.22. The zero-order valence-electron chi connectivity index (χ0n) is 8.30. The third-order valence-corrected chi connectivity index (χ3v) is 3.76. The van der Waals surface area contributed by atoms with Crippen molar-refractivity contribution in [3.63, 3.8) is 0 Å². The monoisotopic (exact) mass is 250 g/mol. The van der Waals surface area contributed by atoms with Gasteiger partial charge in [0.05, 0.1) is 6.61 Å². The molecule has 78 valence electrons. The van der Waals surface area contributed by atoms with E-state index in [0.29, 0.717) is 10.7 Å². The number of alkyl halides is 1. The third kappa shape index (κ3) is 4.43. The molecule has 0 aliphatic carbocycles. The Kier molecular flexibility index (Phi) is 6.00. The van der Waals surface area contributed by atoms with Gasteiger partial charge in [0.1, 0.15) is 0 Å². The minimum absolute atomic E-state index is 0.670. The molecule has 1 aliphatic rings. The van der Waals surface area contributed by atoms with Crippen molar-refractivity contribution in [3.05, 3.63) is 0 Å². The Bertz CT molecular complexity index is 130. The van der Waals surface area contributed by atoms with Crippen molar-refractivity contribution in [3.8, 4) is 0 Å². The molecule has 0 N–H and O–H groups in total. The van der Waals surface area contributed by atoms with E-state index in [4.69, 9.17) is 9.47 Å². The van der Waals surface area contributed by atoms with Crippen LogP contribution in [0.2, 0.25) is 0 Å². The van der Waals surface area contributed by atoms with Crippen LogP contribution in [0.25, 0.3) is 0 Å². The fourth-order valence-electron chi connectivity index (χ4n) is 1.69. The molecule has 1 saturated heterocycles. The normalized spacial score (nSPS) is 29.1. The Morgan fingerprint density at radius 2 is 2.31 bits per heavy atom. The molecule has 2 unspecified atom stereocenters. The second-order valence-electron chi connectivity index (χ2n) is 3.63. The first kappa shape index (κ1) is 11.5. The lowest BCUT2D eigenvalue weighted by molar-refractivity contribution is 0.0554. The van der Waals surface area contributed by atoms with Crippen LogP contribution in [0.3, 0.4) is 0 Å². The molecule has 0 bridgehead atoms. The molecule has 0 aromatic rings. The SMILES string of the molecule is COCCCCC1COCCC1Br. The highest BCUT2D eigenvalue weighted by molar-refractivity contribution is 9.09. The molecule has 0 saturated carbocycles. The van der Waals surface area contributed by atoms with Crippen LogP contribution in [0, 0.1) is 5.92 Å². The molecule has 0 amide bonds. The zero-order chi connectivity index (χ0) is 9.52. The second-order valence-corrected chi connectivity index (χ2v) is 4.80. The van der Waals surface area contributed by atoms with Crippen molar-refractivity contribution >= 4 is 15.9 Å². The van der Waals surface area contributed by atoms with Gasteiger partial charge in [-0.05, 0) is 25.2 Å². The lowest BCUT2D eigenvalue weighted by Crippen LogP contribution is -2.27. The average Bonchev–Trinajstić information content (AvgIpc) is 2.15. The number of halogens is 1. The second kappa shape index (κ2) is 6.80. The van der Waals surface area contributed by atoms with Gasteiger partial charge in [-0.3, -0.25) is 0 Å². The number of hydrogen-bond acceptors (Lipinski definition) is 2. The van der Waals surface area contributed by atoms with Crippen molar-refractivity contribution in [1.29, 1.82) is 0 Å². The largest absolute Gasteiger partial charge is 0.385 e. The summed E-state index contributed by atoms with van der Waals surface area (Å²) < 4.78 is 10.5. The van der Waals surface area contributed by atoms with Crippen molar-refractivity contribution in [1.82, 2.24) is 0 Å². The van der Waals surface area contributed by atoms with Gasteiger partial charge in [0.25, 0.3) is 0 Å². The topological polar surface area (TPSA) is 18.5 Å². The zero-order valence-corrected chi connectivity index (χ0v) is 9.88. The molecule has 2 atom stereocenters. The van der Waals surface area contributed by atoms with Gasteiger partial charge in [-0.1, -0.05) is 22.4 Å². The molecule has 2 nitrogen and oxygen atoms in total. The lowest BCUT2D eigenvalue weighted by Gasteiger charge is -2.27. The van der Waals surface area contributed by atoms with Crippen molar-refractivity contribution in [2.45, 2.75) is 30.5 Å². The molecule has 1 heterocycles. The molecule has 0 aromatic heterocycles. The van der Waals surface area contributed by atoms with E-state index in [1.54, 1.807) is 7.11 Å². The first-order chi connectivity index (χ1) is 6.34. The minimum atomic E-state index is 0.670. The van der Waals surface area contributed by atoms with Crippen LogP contribution in [0.4, 0.5) is 0 Å². The smallest absolute Gasteiger partial charge is 0.0504 e. The summed E-state index contributed by atoms with van der Waals surface area (Å²) in [6, 6.07) is 0. The quantitative estimate of drug-likeness (QED) is 0.552. The summed E-state index contributed by atoms with van der Waals surface area (Å²) in [5, 5.41) is 0. The van der Waals surface area contributed by atoms with E-state index in [0.717, 1.165) is 26.2 Å². The first-order valence-electron chi connectivity index (χ1n) is 5.05. The predicted octanol–water partition coefficient (Wildman–Crippen LogP) is 2.60. The maximum absolute atomic E-state index is 5.45. The molecular formula is C10H19BrO2. The van der Waals surface area contributed by atoms with Gasteiger partial charge in [0, 0.05) is 25.2 Å². The van der Waals surface area contributed by atoms with Crippen molar-refractivity contribution in [2.75, 3.05) is 26.9 Å². The summed E-state index contributed by atoms with van der Waals surface area (Å²) in [5.74, 6) is 0.714. The standard InChI is InChI=1S/C10H19BrO2/c1-12-6-3-2-4-9-8-13-7-5-10(9)11/h9-10H,2-8H2,1H3. The molecule has 3 heteroatoms. The molecule has 0 radical (unpaired) electrons. The Morgan fingerprint density at radius 1 is 1.46 bits per heavy atom. The Balaban J connectivity index is 2.05.